The third-order valence-corrected chi connectivity index (χ3v) is 4.59. The lowest BCUT2D eigenvalue weighted by Crippen LogP contribution is -2.32. The number of hydrogen-bond acceptors (Lipinski definition) is 4. The maximum Gasteiger partial charge on any atom is 0.238 e. The topological polar surface area (TPSA) is 49.4 Å². The van der Waals surface area contributed by atoms with Crippen LogP contribution in [0, 0.1) is 0 Å². The number of Topliss-reactive ketones (excluding diaryl/α,β-unsaturated/α-hetero) is 1. The minimum atomic E-state index is -0.102. The zero-order valence-electron chi connectivity index (χ0n) is 13.1. The number of ketones is 1. The van der Waals surface area contributed by atoms with Crippen LogP contribution in [0.2, 0.25) is 4.34 Å². The van der Waals surface area contributed by atoms with Gasteiger partial charge in [-0.05, 0) is 37.7 Å². The van der Waals surface area contributed by atoms with Gasteiger partial charge >= 0.3 is 0 Å². The first-order valence-corrected chi connectivity index (χ1v) is 8.54. The molecule has 0 fully saturated rings. The lowest BCUT2D eigenvalue weighted by Gasteiger charge is -2.19. The van der Waals surface area contributed by atoms with E-state index >= 15 is 0 Å². The van der Waals surface area contributed by atoms with E-state index < -0.39 is 0 Å². The van der Waals surface area contributed by atoms with Crippen LogP contribution < -0.4 is 5.32 Å². The number of carbonyl (C=O) groups is 2. The molecule has 0 spiro atoms. The summed E-state index contributed by atoms with van der Waals surface area (Å²) in [7, 11) is 0. The van der Waals surface area contributed by atoms with E-state index in [0.717, 1.165) is 15.8 Å². The van der Waals surface area contributed by atoms with Gasteiger partial charge in [-0.25, -0.2) is 0 Å². The van der Waals surface area contributed by atoms with Crippen LogP contribution in [0.3, 0.4) is 0 Å². The SMILES string of the molecule is CCN(CC(=O)Nc1cccc(C(C)=O)c1)Cc1ccc(Cl)s1. The van der Waals surface area contributed by atoms with Crippen molar-refractivity contribution in [3.63, 3.8) is 0 Å². The molecule has 0 saturated heterocycles. The van der Waals surface area contributed by atoms with E-state index in [1.807, 2.05) is 24.0 Å². The quantitative estimate of drug-likeness (QED) is 0.766. The summed E-state index contributed by atoms with van der Waals surface area (Å²) in [5.41, 5.74) is 1.22. The Morgan fingerprint density at radius 1 is 1.26 bits per heavy atom. The van der Waals surface area contributed by atoms with Gasteiger partial charge in [-0.3, -0.25) is 14.5 Å². The van der Waals surface area contributed by atoms with Gasteiger partial charge in [0.15, 0.2) is 5.78 Å². The second-order valence-electron chi connectivity index (χ2n) is 5.19. The number of carbonyl (C=O) groups excluding carboxylic acids is 2. The molecule has 0 unspecified atom stereocenters. The molecule has 1 heterocycles. The summed E-state index contributed by atoms with van der Waals surface area (Å²) in [6, 6.07) is 10.8. The number of hydrogen-bond donors (Lipinski definition) is 1. The van der Waals surface area contributed by atoms with Gasteiger partial charge in [-0.1, -0.05) is 30.7 Å². The number of halogens is 1. The molecule has 4 nitrogen and oxygen atoms in total. The van der Waals surface area contributed by atoms with Gasteiger partial charge in [-0.2, -0.15) is 0 Å². The highest BCUT2D eigenvalue weighted by molar-refractivity contribution is 7.16. The fourth-order valence-corrected chi connectivity index (χ4v) is 3.29. The highest BCUT2D eigenvalue weighted by Gasteiger charge is 2.11. The number of nitrogens with zero attached hydrogens (tertiary/aromatic N) is 1. The van der Waals surface area contributed by atoms with E-state index in [1.54, 1.807) is 24.3 Å². The summed E-state index contributed by atoms with van der Waals surface area (Å²) >= 11 is 7.46. The predicted octanol–water partition coefficient (Wildman–Crippen LogP) is 4.06. The van der Waals surface area contributed by atoms with Gasteiger partial charge in [-0.15, -0.1) is 11.3 Å². The number of anilines is 1. The van der Waals surface area contributed by atoms with Crippen molar-refractivity contribution in [1.82, 2.24) is 4.90 Å². The highest BCUT2D eigenvalue weighted by Crippen LogP contribution is 2.22. The zero-order chi connectivity index (χ0) is 16.8. The average Bonchev–Trinajstić information content (AvgIpc) is 2.91. The Bertz CT molecular complexity index is 699. The average molecular weight is 351 g/mol. The lowest BCUT2D eigenvalue weighted by atomic mass is 10.1. The van der Waals surface area contributed by atoms with Crippen molar-refractivity contribution in [3.05, 3.63) is 51.2 Å². The molecule has 2 aromatic rings. The molecule has 122 valence electrons. The van der Waals surface area contributed by atoms with Gasteiger partial charge in [0, 0.05) is 22.7 Å². The molecule has 0 saturated carbocycles. The third kappa shape index (κ3) is 5.46. The monoisotopic (exact) mass is 350 g/mol. The summed E-state index contributed by atoms with van der Waals surface area (Å²) in [4.78, 5) is 26.7. The van der Waals surface area contributed by atoms with Crippen LogP contribution in [0.5, 0.6) is 0 Å². The summed E-state index contributed by atoms with van der Waals surface area (Å²) in [5, 5.41) is 2.84. The molecule has 0 aliphatic heterocycles. The number of nitrogens with one attached hydrogen (secondary N) is 1. The normalized spacial score (nSPS) is 10.8. The molecule has 0 atom stereocenters. The van der Waals surface area contributed by atoms with E-state index in [1.165, 1.54) is 18.3 Å². The Morgan fingerprint density at radius 3 is 2.65 bits per heavy atom. The highest BCUT2D eigenvalue weighted by atomic mass is 35.5. The minimum Gasteiger partial charge on any atom is -0.325 e. The van der Waals surface area contributed by atoms with Crippen LogP contribution in [0.15, 0.2) is 36.4 Å². The molecule has 1 amide bonds. The van der Waals surface area contributed by atoms with Crippen LogP contribution in [0.1, 0.15) is 29.1 Å². The van der Waals surface area contributed by atoms with E-state index in [4.69, 9.17) is 11.6 Å². The van der Waals surface area contributed by atoms with Gasteiger partial charge in [0.05, 0.1) is 10.9 Å². The van der Waals surface area contributed by atoms with Gasteiger partial charge in [0.1, 0.15) is 0 Å². The van der Waals surface area contributed by atoms with Gasteiger partial charge < -0.3 is 5.32 Å². The summed E-state index contributed by atoms with van der Waals surface area (Å²) < 4.78 is 0.751. The Hall–Kier alpha value is -1.69. The second-order valence-corrected chi connectivity index (χ2v) is 6.99. The van der Waals surface area contributed by atoms with Crippen molar-refractivity contribution in [1.29, 1.82) is 0 Å². The maximum atomic E-state index is 12.2. The molecule has 23 heavy (non-hydrogen) atoms. The van der Waals surface area contributed by atoms with Crippen LogP contribution in [0.4, 0.5) is 5.69 Å². The Kier molecular flexibility index (Phi) is 6.33. The molecule has 1 aromatic heterocycles. The maximum absolute atomic E-state index is 12.2. The molecule has 6 heteroatoms. The smallest absolute Gasteiger partial charge is 0.238 e. The molecular weight excluding hydrogens is 332 g/mol. The molecule has 0 aliphatic carbocycles. The number of benzene rings is 1. The van der Waals surface area contributed by atoms with Crippen LogP contribution >= 0.6 is 22.9 Å². The van der Waals surface area contributed by atoms with E-state index in [9.17, 15) is 9.59 Å². The summed E-state index contributed by atoms with van der Waals surface area (Å²) in [6.07, 6.45) is 0. The largest absolute Gasteiger partial charge is 0.325 e. The third-order valence-electron chi connectivity index (χ3n) is 3.38. The fraction of sp³-hybridized carbons (Fsp3) is 0.294. The molecule has 1 N–H and O–H groups in total. The lowest BCUT2D eigenvalue weighted by molar-refractivity contribution is -0.117. The van der Waals surface area contributed by atoms with Crippen molar-refractivity contribution in [2.75, 3.05) is 18.4 Å². The van der Waals surface area contributed by atoms with Crippen LogP contribution in [-0.2, 0) is 11.3 Å². The standard InChI is InChI=1S/C17H19ClN2O2S/c1-3-20(10-15-7-8-16(18)23-15)11-17(22)19-14-6-4-5-13(9-14)12(2)21/h4-9H,3,10-11H2,1-2H3,(H,19,22). The number of amides is 1. The first kappa shape index (κ1) is 17.7. The Morgan fingerprint density at radius 2 is 2.04 bits per heavy atom. The van der Waals surface area contributed by atoms with E-state index in [-0.39, 0.29) is 18.2 Å². The Labute approximate surface area is 145 Å². The molecule has 0 bridgehead atoms. The van der Waals surface area contributed by atoms with Crippen LogP contribution in [-0.4, -0.2) is 29.7 Å². The molecular formula is C17H19ClN2O2S. The summed E-state index contributed by atoms with van der Waals surface area (Å²) in [5.74, 6) is -0.124. The number of rotatable bonds is 7. The van der Waals surface area contributed by atoms with Crippen molar-refractivity contribution in [2.45, 2.75) is 20.4 Å². The summed E-state index contributed by atoms with van der Waals surface area (Å²) in [6.45, 7) is 5.26. The van der Waals surface area contributed by atoms with Crippen molar-refractivity contribution in [3.8, 4) is 0 Å². The van der Waals surface area contributed by atoms with Crippen molar-refractivity contribution < 1.29 is 9.59 Å². The first-order valence-electron chi connectivity index (χ1n) is 7.35. The first-order chi connectivity index (χ1) is 11.0. The number of likely N-dealkylation sites (N-methyl/N-ethyl adjacent to an activating group) is 1. The second kappa shape index (κ2) is 8.24. The van der Waals surface area contributed by atoms with Crippen molar-refractivity contribution >= 4 is 40.3 Å². The zero-order valence-corrected chi connectivity index (χ0v) is 14.7. The molecule has 0 aliphatic rings. The molecule has 2 rings (SSSR count). The van der Waals surface area contributed by atoms with Gasteiger partial charge in [0.2, 0.25) is 5.91 Å². The Balaban J connectivity index is 1.94. The van der Waals surface area contributed by atoms with E-state index in [0.29, 0.717) is 17.8 Å². The fourth-order valence-electron chi connectivity index (χ4n) is 2.16. The molecule has 1 aromatic carbocycles. The van der Waals surface area contributed by atoms with Gasteiger partial charge in [0.25, 0.3) is 0 Å². The van der Waals surface area contributed by atoms with E-state index in [2.05, 4.69) is 5.32 Å². The van der Waals surface area contributed by atoms with Crippen LogP contribution in [0.25, 0.3) is 0 Å². The minimum absolute atomic E-state index is 0.0224. The number of thiophene rings is 1. The van der Waals surface area contributed by atoms with Crippen molar-refractivity contribution in [2.24, 2.45) is 0 Å². The molecule has 0 radical (unpaired) electrons. The predicted molar refractivity (Wildman–Crippen MR) is 95.4 cm³/mol.